The van der Waals surface area contributed by atoms with Crippen molar-refractivity contribution in [3.63, 3.8) is 0 Å². The van der Waals surface area contributed by atoms with Crippen molar-refractivity contribution >= 4 is 23.6 Å². The highest BCUT2D eigenvalue weighted by Crippen LogP contribution is 2.24. The van der Waals surface area contributed by atoms with Gasteiger partial charge in [0, 0.05) is 13.1 Å². The number of amides is 4. The average Bonchev–Trinajstić information content (AvgIpc) is 3.63. The van der Waals surface area contributed by atoms with Gasteiger partial charge in [-0.2, -0.15) is 0 Å². The molecule has 2 aromatic rings. The minimum absolute atomic E-state index is 0.160. The van der Waals surface area contributed by atoms with E-state index in [0.29, 0.717) is 35.3 Å². The van der Waals surface area contributed by atoms with Crippen molar-refractivity contribution in [2.24, 2.45) is 0 Å². The molecule has 2 heterocycles. The maximum absolute atomic E-state index is 13.0. The molecule has 58 heavy (non-hydrogen) atoms. The molecule has 0 saturated carbocycles. The van der Waals surface area contributed by atoms with Gasteiger partial charge in [-0.1, -0.05) is 154 Å². The smallest absolute Gasteiger partial charge is 0.261 e. The second kappa shape index (κ2) is 28.2. The summed E-state index contributed by atoms with van der Waals surface area (Å²) in [7, 11) is 0. The minimum Gasteiger partial charge on any atom is -0.303 e. The van der Waals surface area contributed by atoms with Crippen LogP contribution in [0.1, 0.15) is 209 Å². The summed E-state index contributed by atoms with van der Waals surface area (Å²) in [6, 6.07) is 14.4. The molecule has 0 unspecified atom stereocenters. The molecular weight excluding hydrogens is 721 g/mol. The molecule has 0 aliphatic carbocycles. The quantitative estimate of drug-likeness (QED) is 0.0510. The van der Waals surface area contributed by atoms with Crippen LogP contribution >= 0.6 is 0 Å². The third kappa shape index (κ3) is 16.0. The molecule has 0 radical (unpaired) electrons. The van der Waals surface area contributed by atoms with Gasteiger partial charge in [0.25, 0.3) is 23.6 Å². The summed E-state index contributed by atoms with van der Waals surface area (Å²) in [6.07, 6.45) is 30.1. The lowest BCUT2D eigenvalue weighted by atomic mass is 10.1. The molecule has 0 N–H and O–H groups in total. The number of hydrogen-bond acceptors (Lipinski definition) is 6. The Balaban J connectivity index is 1.23. The fraction of sp³-hybridized carbons (Fsp3) is 0.680. The summed E-state index contributed by atoms with van der Waals surface area (Å²) in [6.45, 7) is 11.4. The zero-order valence-corrected chi connectivity index (χ0v) is 36.7. The number of carbonyl (C=O) groups excluding carboxylic acids is 4. The number of imide groups is 2. The van der Waals surface area contributed by atoms with Crippen LogP contribution in [0.15, 0.2) is 48.5 Å². The van der Waals surface area contributed by atoms with Crippen molar-refractivity contribution < 1.29 is 19.2 Å². The first-order chi connectivity index (χ1) is 28.5. The molecule has 0 bridgehead atoms. The fourth-order valence-electron chi connectivity index (χ4n) is 8.78. The Bertz CT molecular complexity index is 1330. The second-order valence-corrected chi connectivity index (χ2v) is 17.1. The van der Waals surface area contributed by atoms with Gasteiger partial charge in [-0.15, -0.1) is 0 Å². The van der Waals surface area contributed by atoms with Crippen molar-refractivity contribution in [2.45, 2.75) is 168 Å². The molecule has 2 aliphatic heterocycles. The molecule has 0 fully saturated rings. The van der Waals surface area contributed by atoms with Gasteiger partial charge in [-0.25, -0.2) is 0 Å². The summed E-state index contributed by atoms with van der Waals surface area (Å²) in [5.74, 6) is -0.639. The van der Waals surface area contributed by atoms with E-state index in [0.717, 1.165) is 65.0 Å². The van der Waals surface area contributed by atoms with Gasteiger partial charge in [0.1, 0.15) is 0 Å². The van der Waals surface area contributed by atoms with E-state index in [1.807, 2.05) is 24.3 Å². The summed E-state index contributed by atoms with van der Waals surface area (Å²) in [5, 5.41) is 0. The molecule has 2 aliphatic rings. The Morgan fingerprint density at radius 2 is 0.552 bits per heavy atom. The molecule has 4 rings (SSSR count). The molecule has 322 valence electrons. The highest BCUT2D eigenvalue weighted by atomic mass is 16.2. The van der Waals surface area contributed by atoms with Crippen molar-refractivity contribution in [1.82, 2.24) is 19.6 Å². The highest BCUT2D eigenvalue weighted by molar-refractivity contribution is 6.22. The third-order valence-corrected chi connectivity index (χ3v) is 12.3. The molecule has 8 heteroatoms. The Hall–Kier alpha value is -3.36. The van der Waals surface area contributed by atoms with Crippen LogP contribution in [0.25, 0.3) is 0 Å². The lowest BCUT2D eigenvalue weighted by Crippen LogP contribution is -2.35. The lowest BCUT2D eigenvalue weighted by molar-refractivity contribution is 0.0630. The van der Waals surface area contributed by atoms with Gasteiger partial charge < -0.3 is 9.80 Å². The van der Waals surface area contributed by atoms with E-state index in [9.17, 15) is 19.2 Å². The van der Waals surface area contributed by atoms with E-state index in [1.165, 1.54) is 138 Å². The summed E-state index contributed by atoms with van der Waals surface area (Å²) in [4.78, 5) is 60.0. The Kier molecular flexibility index (Phi) is 23.0. The largest absolute Gasteiger partial charge is 0.303 e. The van der Waals surface area contributed by atoms with Crippen LogP contribution in [0.4, 0.5) is 0 Å². The normalized spacial score (nSPS) is 13.9. The van der Waals surface area contributed by atoms with E-state index >= 15 is 0 Å². The predicted molar refractivity (Wildman–Crippen MR) is 239 cm³/mol. The zero-order chi connectivity index (χ0) is 41.2. The van der Waals surface area contributed by atoms with E-state index in [1.54, 1.807) is 24.3 Å². The first-order valence-electron chi connectivity index (χ1n) is 23.8. The van der Waals surface area contributed by atoms with Crippen molar-refractivity contribution in [3.8, 4) is 0 Å². The second-order valence-electron chi connectivity index (χ2n) is 17.1. The monoisotopic (exact) mass is 799 g/mol. The van der Waals surface area contributed by atoms with Gasteiger partial charge in [0.2, 0.25) is 0 Å². The van der Waals surface area contributed by atoms with Crippen LogP contribution < -0.4 is 0 Å². The standard InChI is InChI=1S/C50H78N4O4/c1-3-5-7-9-11-13-15-17-19-25-35-51(39-29-41-53-47(55)43-31-21-22-32-44(43)48(53)56)37-27-28-38-52(36-26-20-18-16-14-12-10-8-6-4-2)40-30-42-54-49(57)45-33-23-24-34-46(45)50(54)58/h21-24,31-34H,3-20,25-30,35-42H2,1-2H3. The molecular formula is C50H78N4O4. The third-order valence-electron chi connectivity index (χ3n) is 12.3. The SMILES string of the molecule is CCCCCCCCCCCCN(CCCCN(CCCCCCCCCCCC)CCCN1C(=O)c2ccccc2C1=O)CCCN1C(=O)c2ccccc2C1=O. The Morgan fingerprint density at radius 1 is 0.328 bits per heavy atom. The number of hydrogen-bond donors (Lipinski definition) is 0. The van der Waals surface area contributed by atoms with Crippen LogP contribution in [0.3, 0.4) is 0 Å². The summed E-state index contributed by atoms with van der Waals surface area (Å²) >= 11 is 0. The van der Waals surface area contributed by atoms with Crippen molar-refractivity contribution in [2.75, 3.05) is 52.4 Å². The van der Waals surface area contributed by atoms with E-state index < -0.39 is 0 Å². The van der Waals surface area contributed by atoms with Crippen LogP contribution in [0, 0.1) is 0 Å². The summed E-state index contributed by atoms with van der Waals surface area (Å²) < 4.78 is 0. The van der Waals surface area contributed by atoms with Crippen LogP contribution in [0.5, 0.6) is 0 Å². The van der Waals surface area contributed by atoms with Gasteiger partial charge >= 0.3 is 0 Å². The molecule has 0 aromatic heterocycles. The van der Waals surface area contributed by atoms with Crippen LogP contribution in [-0.4, -0.2) is 95.6 Å². The number of carbonyl (C=O) groups is 4. The summed E-state index contributed by atoms with van der Waals surface area (Å²) in [5.41, 5.74) is 2.11. The van der Waals surface area contributed by atoms with Gasteiger partial charge in [-0.05, 0) is 102 Å². The minimum atomic E-state index is -0.160. The number of rotatable bonds is 35. The van der Waals surface area contributed by atoms with Crippen molar-refractivity contribution in [3.05, 3.63) is 70.8 Å². The van der Waals surface area contributed by atoms with E-state index in [-0.39, 0.29) is 23.6 Å². The predicted octanol–water partition coefficient (Wildman–Crippen LogP) is 11.6. The zero-order valence-electron chi connectivity index (χ0n) is 36.7. The topological polar surface area (TPSA) is 81.2 Å². The first kappa shape index (κ1) is 47.3. The average molecular weight is 799 g/mol. The van der Waals surface area contributed by atoms with Crippen LogP contribution in [0.2, 0.25) is 0 Å². The van der Waals surface area contributed by atoms with Crippen molar-refractivity contribution in [1.29, 1.82) is 0 Å². The van der Waals surface area contributed by atoms with E-state index in [2.05, 4.69) is 23.6 Å². The Labute approximate surface area is 352 Å². The van der Waals surface area contributed by atoms with Gasteiger partial charge in [-0.3, -0.25) is 29.0 Å². The Morgan fingerprint density at radius 3 is 0.828 bits per heavy atom. The van der Waals surface area contributed by atoms with Gasteiger partial charge in [0.15, 0.2) is 0 Å². The highest BCUT2D eigenvalue weighted by Gasteiger charge is 2.35. The number of benzene rings is 2. The fourth-order valence-corrected chi connectivity index (χ4v) is 8.78. The molecule has 0 spiro atoms. The lowest BCUT2D eigenvalue weighted by Gasteiger charge is -2.26. The number of unbranched alkanes of at least 4 members (excludes halogenated alkanes) is 19. The number of fused-ring (bicyclic) bond motifs is 2. The van der Waals surface area contributed by atoms with Crippen LogP contribution in [-0.2, 0) is 0 Å². The van der Waals surface area contributed by atoms with Gasteiger partial charge in [0.05, 0.1) is 22.3 Å². The number of nitrogens with zero attached hydrogens (tertiary/aromatic N) is 4. The maximum Gasteiger partial charge on any atom is 0.261 e. The molecule has 0 atom stereocenters. The first-order valence-corrected chi connectivity index (χ1v) is 23.8. The molecule has 4 amide bonds. The van der Waals surface area contributed by atoms with E-state index in [4.69, 9.17) is 0 Å². The maximum atomic E-state index is 13.0. The molecule has 2 aromatic carbocycles. The molecule has 0 saturated heterocycles. The molecule has 8 nitrogen and oxygen atoms in total.